The number of hydrogen-bond donors (Lipinski definition) is 0. The van der Waals surface area contributed by atoms with Crippen LogP contribution in [0, 0.1) is 6.92 Å². The number of hydrogen-bond acceptors (Lipinski definition) is 2. The first-order valence-corrected chi connectivity index (χ1v) is 7.72. The van der Waals surface area contributed by atoms with Gasteiger partial charge in [0.15, 0.2) is 0 Å². The van der Waals surface area contributed by atoms with Crippen LogP contribution in [-0.4, -0.2) is 24.8 Å². The molecule has 3 nitrogen and oxygen atoms in total. The fourth-order valence-corrected chi connectivity index (χ4v) is 3.86. The second-order valence-corrected chi connectivity index (χ2v) is 6.93. The molecule has 1 unspecified atom stereocenters. The first-order valence-electron chi connectivity index (χ1n) is 6.28. The van der Waals surface area contributed by atoms with Crippen LogP contribution in [0.3, 0.4) is 0 Å². The number of benzene rings is 1. The zero-order chi connectivity index (χ0) is 14.2. The van der Waals surface area contributed by atoms with Gasteiger partial charge in [0, 0.05) is 6.04 Å². The maximum atomic E-state index is 12.4. The van der Waals surface area contributed by atoms with Crippen LogP contribution in [0.5, 0.6) is 0 Å². The molecule has 0 aliphatic carbocycles. The normalized spacial score (nSPS) is 26.6. The molecule has 3 atom stereocenters. The minimum absolute atomic E-state index is 0.0157. The van der Waals surface area contributed by atoms with Gasteiger partial charge >= 0.3 is 0 Å². The Morgan fingerprint density at radius 2 is 1.89 bits per heavy atom. The van der Waals surface area contributed by atoms with Crippen molar-refractivity contribution >= 4 is 10.0 Å². The Hall–Kier alpha value is -1.39. The lowest BCUT2D eigenvalue weighted by atomic mass is 10.2. The fourth-order valence-electron chi connectivity index (χ4n) is 2.06. The van der Waals surface area contributed by atoms with Crippen molar-refractivity contribution in [2.75, 3.05) is 0 Å². The Kier molecular flexibility index (Phi) is 3.65. The van der Waals surface area contributed by atoms with Gasteiger partial charge in [-0.3, -0.25) is 0 Å². The molecule has 102 valence electrons. The summed E-state index contributed by atoms with van der Waals surface area (Å²) in [7, 11) is -3.38. The van der Waals surface area contributed by atoms with E-state index in [-0.39, 0.29) is 12.1 Å². The molecule has 2 rings (SSSR count). The van der Waals surface area contributed by atoms with E-state index in [0.717, 1.165) is 11.1 Å². The molecule has 1 saturated heterocycles. The number of rotatable bonds is 4. The summed E-state index contributed by atoms with van der Waals surface area (Å²) in [5.74, 6) is 0. The average Bonchev–Trinajstić information content (AvgIpc) is 2.98. The van der Waals surface area contributed by atoms with Gasteiger partial charge in [0.2, 0.25) is 10.0 Å². The monoisotopic (exact) mass is 277 g/mol. The van der Waals surface area contributed by atoms with E-state index in [1.165, 1.54) is 4.31 Å². The maximum absolute atomic E-state index is 12.4. The van der Waals surface area contributed by atoms with Gasteiger partial charge in [-0.2, -0.15) is 4.31 Å². The quantitative estimate of drug-likeness (QED) is 0.627. The van der Waals surface area contributed by atoms with Crippen LogP contribution in [0.15, 0.2) is 53.5 Å². The van der Waals surface area contributed by atoms with Crippen LogP contribution in [0.4, 0.5) is 0 Å². The molecule has 1 fully saturated rings. The molecule has 0 radical (unpaired) electrons. The van der Waals surface area contributed by atoms with E-state index in [9.17, 15) is 8.42 Å². The largest absolute Gasteiger partial charge is 0.243 e. The fraction of sp³-hybridized carbons (Fsp3) is 0.333. The van der Waals surface area contributed by atoms with Crippen molar-refractivity contribution < 1.29 is 8.42 Å². The summed E-state index contributed by atoms with van der Waals surface area (Å²) >= 11 is 0. The minimum Gasteiger partial charge on any atom is -0.207 e. The van der Waals surface area contributed by atoms with Crippen LogP contribution in [0.1, 0.15) is 19.4 Å². The lowest BCUT2D eigenvalue weighted by Crippen LogP contribution is -2.15. The van der Waals surface area contributed by atoms with Crippen molar-refractivity contribution in [2.45, 2.75) is 37.8 Å². The molecule has 1 aromatic rings. The van der Waals surface area contributed by atoms with E-state index < -0.39 is 10.0 Å². The molecule has 4 heteroatoms. The van der Waals surface area contributed by atoms with Gasteiger partial charge in [-0.1, -0.05) is 42.0 Å². The molecule has 0 saturated carbocycles. The SMILES string of the molecule is C=C(C)/C=C/[C@@H]1[C@H](C)N1S(=O)(=O)c1ccc(C)cc1. The van der Waals surface area contributed by atoms with Gasteiger partial charge < -0.3 is 0 Å². The Bertz CT molecular complexity index is 614. The zero-order valence-electron chi connectivity index (χ0n) is 11.5. The van der Waals surface area contributed by atoms with Crippen molar-refractivity contribution in [3.8, 4) is 0 Å². The van der Waals surface area contributed by atoms with E-state index in [1.54, 1.807) is 12.1 Å². The number of sulfonamides is 1. The third kappa shape index (κ3) is 2.80. The molecule has 0 spiro atoms. The van der Waals surface area contributed by atoms with Gasteiger partial charge in [-0.25, -0.2) is 8.42 Å². The van der Waals surface area contributed by atoms with Crippen LogP contribution >= 0.6 is 0 Å². The third-order valence-electron chi connectivity index (χ3n) is 3.27. The second-order valence-electron chi connectivity index (χ2n) is 5.08. The van der Waals surface area contributed by atoms with Crippen LogP contribution < -0.4 is 0 Å². The van der Waals surface area contributed by atoms with Gasteiger partial charge in [0.05, 0.1) is 10.9 Å². The highest BCUT2D eigenvalue weighted by Gasteiger charge is 2.50. The molecule has 19 heavy (non-hydrogen) atoms. The molecule has 1 aliphatic rings. The van der Waals surface area contributed by atoms with Crippen LogP contribution in [0.25, 0.3) is 0 Å². The van der Waals surface area contributed by atoms with Gasteiger partial charge in [-0.15, -0.1) is 0 Å². The first-order chi connectivity index (χ1) is 8.84. The van der Waals surface area contributed by atoms with Crippen molar-refractivity contribution in [1.29, 1.82) is 0 Å². The van der Waals surface area contributed by atoms with E-state index in [4.69, 9.17) is 0 Å². The topological polar surface area (TPSA) is 37.1 Å². The summed E-state index contributed by atoms with van der Waals surface area (Å²) in [5, 5.41) is 0. The highest BCUT2D eigenvalue weighted by Crippen LogP contribution is 2.36. The first kappa shape index (κ1) is 14.0. The van der Waals surface area contributed by atoms with E-state index >= 15 is 0 Å². The molecule has 0 amide bonds. The van der Waals surface area contributed by atoms with E-state index in [0.29, 0.717) is 4.90 Å². The number of aryl methyl sites for hydroxylation is 1. The lowest BCUT2D eigenvalue weighted by molar-refractivity contribution is 0.551. The van der Waals surface area contributed by atoms with E-state index in [1.807, 2.05) is 45.1 Å². The second kappa shape index (κ2) is 4.94. The molecule has 0 bridgehead atoms. The summed E-state index contributed by atoms with van der Waals surface area (Å²) in [6, 6.07) is 6.93. The Morgan fingerprint density at radius 3 is 2.42 bits per heavy atom. The standard InChI is InChI=1S/C15H19NO2S/c1-11(2)5-10-15-13(4)16(15)19(17,18)14-8-6-12(3)7-9-14/h5-10,13,15H,1H2,2-4H3/b10-5+/t13-,15+,16?/m0/s1. The molecule has 0 N–H and O–H groups in total. The smallest absolute Gasteiger partial charge is 0.207 e. The van der Waals surface area contributed by atoms with E-state index in [2.05, 4.69) is 6.58 Å². The van der Waals surface area contributed by atoms with Gasteiger partial charge in [0.25, 0.3) is 0 Å². The van der Waals surface area contributed by atoms with Crippen LogP contribution in [0.2, 0.25) is 0 Å². The average molecular weight is 277 g/mol. The summed E-state index contributed by atoms with van der Waals surface area (Å²) < 4.78 is 26.4. The molecule has 1 aromatic carbocycles. The summed E-state index contributed by atoms with van der Waals surface area (Å²) in [6.45, 7) is 9.53. The molecular weight excluding hydrogens is 258 g/mol. The van der Waals surface area contributed by atoms with Crippen LogP contribution in [-0.2, 0) is 10.0 Å². The molecule has 1 heterocycles. The van der Waals surface area contributed by atoms with Gasteiger partial charge in [0.1, 0.15) is 0 Å². The van der Waals surface area contributed by atoms with Crippen molar-refractivity contribution in [2.24, 2.45) is 0 Å². The summed E-state index contributed by atoms with van der Waals surface area (Å²) in [4.78, 5) is 0.358. The molecule has 0 aromatic heterocycles. The number of nitrogens with zero attached hydrogens (tertiary/aromatic N) is 1. The highest BCUT2D eigenvalue weighted by molar-refractivity contribution is 7.89. The zero-order valence-corrected chi connectivity index (χ0v) is 12.3. The summed E-state index contributed by atoms with van der Waals surface area (Å²) in [6.07, 6.45) is 3.77. The number of allylic oxidation sites excluding steroid dienone is 2. The summed E-state index contributed by atoms with van der Waals surface area (Å²) in [5.41, 5.74) is 1.98. The minimum atomic E-state index is -3.38. The predicted molar refractivity (Wildman–Crippen MR) is 77.4 cm³/mol. The van der Waals surface area contributed by atoms with Crippen molar-refractivity contribution in [1.82, 2.24) is 4.31 Å². The van der Waals surface area contributed by atoms with Crippen molar-refractivity contribution in [3.05, 3.63) is 54.1 Å². The third-order valence-corrected chi connectivity index (χ3v) is 5.27. The highest BCUT2D eigenvalue weighted by atomic mass is 32.2. The Morgan fingerprint density at radius 1 is 1.32 bits per heavy atom. The predicted octanol–water partition coefficient (Wildman–Crippen LogP) is 2.89. The molecular formula is C15H19NO2S. The Labute approximate surface area is 115 Å². The molecule has 1 aliphatic heterocycles. The van der Waals surface area contributed by atoms with Crippen molar-refractivity contribution in [3.63, 3.8) is 0 Å². The van der Waals surface area contributed by atoms with Gasteiger partial charge in [-0.05, 0) is 32.9 Å². The Balaban J connectivity index is 2.23. The lowest BCUT2D eigenvalue weighted by Gasteiger charge is -2.05. The maximum Gasteiger partial charge on any atom is 0.243 e.